The summed E-state index contributed by atoms with van der Waals surface area (Å²) in [7, 11) is 1.22. The highest BCUT2D eigenvalue weighted by molar-refractivity contribution is 5.93. The van der Waals surface area contributed by atoms with Gasteiger partial charge in [0.15, 0.2) is 0 Å². The van der Waals surface area contributed by atoms with E-state index in [1.165, 1.54) is 16.9 Å². The van der Waals surface area contributed by atoms with E-state index in [0.29, 0.717) is 0 Å². The summed E-state index contributed by atoms with van der Waals surface area (Å²) in [6.07, 6.45) is -0.292. The number of ether oxygens (including phenoxy) is 2. The van der Waals surface area contributed by atoms with Gasteiger partial charge in [0.05, 0.1) is 20.1 Å². The molecule has 144 valence electrons. The first-order chi connectivity index (χ1) is 11.1. The van der Waals surface area contributed by atoms with E-state index >= 15 is 0 Å². The molecular formula is C15H26ClN3O6. The van der Waals surface area contributed by atoms with Crippen LogP contribution in [0.1, 0.15) is 27.2 Å². The number of halogens is 1. The first-order valence-corrected chi connectivity index (χ1v) is 7.66. The van der Waals surface area contributed by atoms with Gasteiger partial charge in [-0.3, -0.25) is 19.2 Å². The van der Waals surface area contributed by atoms with E-state index in [1.807, 2.05) is 0 Å². The topological polar surface area (TPSA) is 119 Å². The van der Waals surface area contributed by atoms with Crippen LogP contribution in [0, 0.1) is 0 Å². The summed E-state index contributed by atoms with van der Waals surface area (Å²) in [5, 5.41) is 0. The van der Waals surface area contributed by atoms with Crippen LogP contribution in [0.3, 0.4) is 0 Å². The molecule has 0 radical (unpaired) electrons. The van der Waals surface area contributed by atoms with Gasteiger partial charge in [0, 0.05) is 13.1 Å². The highest BCUT2D eigenvalue weighted by Crippen LogP contribution is 2.18. The molecule has 1 fully saturated rings. The van der Waals surface area contributed by atoms with Gasteiger partial charge in [-0.15, -0.1) is 12.4 Å². The van der Waals surface area contributed by atoms with Gasteiger partial charge in [0.1, 0.15) is 18.2 Å². The van der Waals surface area contributed by atoms with E-state index in [0.717, 1.165) is 0 Å². The summed E-state index contributed by atoms with van der Waals surface area (Å²) in [6, 6.07) is -1.03. The van der Waals surface area contributed by atoms with Crippen molar-refractivity contribution in [2.45, 2.75) is 38.8 Å². The lowest BCUT2D eigenvalue weighted by atomic mass is 10.1. The van der Waals surface area contributed by atoms with Gasteiger partial charge in [0.25, 0.3) is 0 Å². The summed E-state index contributed by atoms with van der Waals surface area (Å²) in [6.45, 7) is 4.98. The Morgan fingerprint density at radius 1 is 1.20 bits per heavy atom. The van der Waals surface area contributed by atoms with E-state index in [-0.39, 0.29) is 45.0 Å². The molecule has 10 heteroatoms. The van der Waals surface area contributed by atoms with Crippen molar-refractivity contribution in [3.05, 3.63) is 0 Å². The maximum absolute atomic E-state index is 12.6. The predicted molar refractivity (Wildman–Crippen MR) is 90.9 cm³/mol. The van der Waals surface area contributed by atoms with Crippen LogP contribution in [0.25, 0.3) is 0 Å². The number of methoxy groups -OCH3 is 1. The number of rotatable bonds is 5. The fourth-order valence-electron chi connectivity index (χ4n) is 2.37. The molecule has 2 amide bonds. The van der Waals surface area contributed by atoms with Crippen molar-refractivity contribution in [3.8, 4) is 0 Å². The summed E-state index contributed by atoms with van der Waals surface area (Å²) in [5.41, 5.74) is 4.67. The molecule has 0 aromatic rings. The van der Waals surface area contributed by atoms with Gasteiger partial charge in [-0.1, -0.05) is 0 Å². The van der Waals surface area contributed by atoms with Crippen LogP contribution in [0.4, 0.5) is 0 Å². The molecule has 0 aromatic carbocycles. The number of carbonyl (C=O) groups is 4. The Hall–Kier alpha value is -1.87. The molecule has 0 saturated carbocycles. The van der Waals surface area contributed by atoms with Crippen molar-refractivity contribution in [2.24, 2.45) is 5.73 Å². The minimum atomic E-state index is -1.03. The van der Waals surface area contributed by atoms with Crippen LogP contribution < -0.4 is 5.73 Å². The van der Waals surface area contributed by atoms with Crippen molar-refractivity contribution < 1.29 is 28.7 Å². The Bertz CT molecular complexity index is 520. The monoisotopic (exact) mass is 379 g/mol. The first-order valence-electron chi connectivity index (χ1n) is 7.66. The largest absolute Gasteiger partial charge is 0.468 e. The van der Waals surface area contributed by atoms with Gasteiger partial charge in [-0.05, 0) is 20.8 Å². The molecule has 0 aromatic heterocycles. The summed E-state index contributed by atoms with van der Waals surface area (Å²) >= 11 is 0. The lowest BCUT2D eigenvalue weighted by Crippen LogP contribution is -2.61. The van der Waals surface area contributed by atoms with Gasteiger partial charge < -0.3 is 25.0 Å². The minimum Gasteiger partial charge on any atom is -0.468 e. The number of hydrogen-bond donors (Lipinski definition) is 1. The zero-order valence-corrected chi connectivity index (χ0v) is 15.8. The second-order valence-corrected chi connectivity index (χ2v) is 6.43. The van der Waals surface area contributed by atoms with E-state index in [4.69, 9.17) is 10.5 Å². The van der Waals surface area contributed by atoms with Gasteiger partial charge in [-0.25, -0.2) is 0 Å². The lowest BCUT2D eigenvalue weighted by molar-refractivity contribution is -0.163. The number of nitrogens with zero attached hydrogens (tertiary/aromatic N) is 2. The molecule has 1 unspecified atom stereocenters. The molecule has 1 heterocycles. The molecule has 1 aliphatic heterocycles. The number of piperazine rings is 1. The standard InChI is InChI=1S/C15H25N3O6.ClH/c1-15(2,3)24-12(20)7-10-14(22)17(9-13(21)23-4)5-6-18(10)11(19)8-16;/h10H,5-9,16H2,1-4H3;1H. The fourth-order valence-corrected chi connectivity index (χ4v) is 2.37. The molecule has 0 aliphatic carbocycles. The maximum atomic E-state index is 12.6. The summed E-state index contributed by atoms with van der Waals surface area (Å²) in [4.78, 5) is 50.5. The van der Waals surface area contributed by atoms with Crippen LogP contribution in [-0.4, -0.2) is 78.5 Å². The number of hydrogen-bond acceptors (Lipinski definition) is 7. The maximum Gasteiger partial charge on any atom is 0.325 e. The third-order valence-electron chi connectivity index (χ3n) is 3.41. The van der Waals surface area contributed by atoms with E-state index in [1.54, 1.807) is 20.8 Å². The molecule has 1 saturated heterocycles. The highest BCUT2D eigenvalue weighted by atomic mass is 35.5. The van der Waals surface area contributed by atoms with Gasteiger partial charge >= 0.3 is 11.9 Å². The second kappa shape index (κ2) is 9.57. The third kappa shape index (κ3) is 6.87. The van der Waals surface area contributed by atoms with E-state index < -0.39 is 35.4 Å². The third-order valence-corrected chi connectivity index (χ3v) is 3.41. The van der Waals surface area contributed by atoms with Crippen LogP contribution in [-0.2, 0) is 28.7 Å². The van der Waals surface area contributed by atoms with Crippen LogP contribution in [0.2, 0.25) is 0 Å². The molecule has 1 rings (SSSR count). The average Bonchev–Trinajstić information content (AvgIpc) is 2.48. The fraction of sp³-hybridized carbons (Fsp3) is 0.733. The molecule has 2 N–H and O–H groups in total. The van der Waals surface area contributed by atoms with Crippen LogP contribution >= 0.6 is 12.4 Å². The van der Waals surface area contributed by atoms with Gasteiger partial charge in [-0.2, -0.15) is 0 Å². The van der Waals surface area contributed by atoms with Crippen molar-refractivity contribution >= 4 is 36.2 Å². The second-order valence-electron chi connectivity index (χ2n) is 6.43. The van der Waals surface area contributed by atoms with Crippen molar-refractivity contribution in [1.82, 2.24) is 9.80 Å². The van der Waals surface area contributed by atoms with Crippen molar-refractivity contribution in [3.63, 3.8) is 0 Å². The highest BCUT2D eigenvalue weighted by Gasteiger charge is 2.39. The molecule has 25 heavy (non-hydrogen) atoms. The molecule has 0 spiro atoms. The van der Waals surface area contributed by atoms with Crippen molar-refractivity contribution in [1.29, 1.82) is 0 Å². The Kier molecular flexibility index (Phi) is 8.86. The SMILES string of the molecule is COC(=O)CN1CCN(C(=O)CN)C(CC(=O)OC(C)(C)C)C1=O.Cl. The lowest BCUT2D eigenvalue weighted by Gasteiger charge is -2.40. The van der Waals surface area contributed by atoms with Crippen LogP contribution in [0.5, 0.6) is 0 Å². The van der Waals surface area contributed by atoms with Crippen LogP contribution in [0.15, 0.2) is 0 Å². The molecule has 1 atom stereocenters. The van der Waals surface area contributed by atoms with E-state index in [9.17, 15) is 19.2 Å². The number of carbonyl (C=O) groups excluding carboxylic acids is 4. The Morgan fingerprint density at radius 2 is 1.80 bits per heavy atom. The predicted octanol–water partition coefficient (Wildman–Crippen LogP) is -0.689. The zero-order chi connectivity index (χ0) is 18.5. The van der Waals surface area contributed by atoms with E-state index in [2.05, 4.69) is 4.74 Å². The average molecular weight is 380 g/mol. The number of nitrogens with two attached hydrogens (primary N) is 1. The molecular weight excluding hydrogens is 354 g/mol. The Balaban J connectivity index is 0.00000576. The minimum absolute atomic E-state index is 0. The quantitative estimate of drug-likeness (QED) is 0.628. The summed E-state index contributed by atoms with van der Waals surface area (Å²) < 4.78 is 9.77. The zero-order valence-electron chi connectivity index (χ0n) is 14.9. The number of amides is 2. The molecule has 9 nitrogen and oxygen atoms in total. The summed E-state index contributed by atoms with van der Waals surface area (Å²) in [5.74, 6) is -2.11. The molecule has 0 bridgehead atoms. The Labute approximate surface area is 153 Å². The van der Waals surface area contributed by atoms with Crippen molar-refractivity contribution in [2.75, 3.05) is 33.3 Å². The normalized spacial score (nSPS) is 17.6. The Morgan fingerprint density at radius 3 is 2.28 bits per heavy atom. The number of esters is 2. The first kappa shape index (κ1) is 23.1. The van der Waals surface area contributed by atoms with Gasteiger partial charge in [0.2, 0.25) is 11.8 Å². The smallest absolute Gasteiger partial charge is 0.325 e. The molecule has 1 aliphatic rings.